The van der Waals surface area contributed by atoms with Crippen molar-refractivity contribution in [3.05, 3.63) is 18.0 Å². The molecule has 0 spiro atoms. The lowest BCUT2D eigenvalue weighted by atomic mass is 10.4. The average molecular weight is 238 g/mol. The summed E-state index contributed by atoms with van der Waals surface area (Å²) in [6.07, 6.45) is 3.02. The first-order chi connectivity index (χ1) is 8.31. The fraction of sp³-hybridized carbons (Fsp3) is 0.769. The van der Waals surface area contributed by atoms with E-state index in [9.17, 15) is 0 Å². The Bertz CT molecular complexity index is 291. The van der Waals surface area contributed by atoms with Crippen LogP contribution in [0.5, 0.6) is 0 Å². The highest BCUT2D eigenvalue weighted by atomic mass is 15.3. The Morgan fingerprint density at radius 2 is 2.06 bits per heavy atom. The van der Waals surface area contributed by atoms with Crippen molar-refractivity contribution in [1.29, 1.82) is 0 Å². The quantitative estimate of drug-likeness (QED) is 0.665. The van der Waals surface area contributed by atoms with Gasteiger partial charge < -0.3 is 10.2 Å². The van der Waals surface area contributed by atoms with Crippen LogP contribution in [0.3, 0.4) is 0 Å². The van der Waals surface area contributed by atoms with Crippen molar-refractivity contribution in [2.24, 2.45) is 0 Å². The summed E-state index contributed by atoms with van der Waals surface area (Å²) in [5.74, 6) is 0. The maximum Gasteiger partial charge on any atom is 0.0522 e. The number of rotatable bonds is 9. The van der Waals surface area contributed by atoms with Gasteiger partial charge in [-0.05, 0) is 25.6 Å². The van der Waals surface area contributed by atoms with Gasteiger partial charge >= 0.3 is 0 Å². The van der Waals surface area contributed by atoms with Crippen molar-refractivity contribution in [3.8, 4) is 0 Å². The van der Waals surface area contributed by atoms with E-state index in [1.165, 1.54) is 5.69 Å². The minimum Gasteiger partial charge on any atom is -0.310 e. The van der Waals surface area contributed by atoms with E-state index >= 15 is 0 Å². The lowest BCUT2D eigenvalue weighted by Crippen LogP contribution is -2.32. The van der Waals surface area contributed by atoms with Gasteiger partial charge in [-0.1, -0.05) is 20.8 Å². The molecule has 4 heteroatoms. The first-order valence-electron chi connectivity index (χ1n) is 6.75. The van der Waals surface area contributed by atoms with Gasteiger partial charge in [0.1, 0.15) is 0 Å². The molecule has 0 atom stereocenters. The van der Waals surface area contributed by atoms with Gasteiger partial charge in [-0.15, -0.1) is 0 Å². The van der Waals surface area contributed by atoms with Crippen molar-refractivity contribution >= 4 is 0 Å². The summed E-state index contributed by atoms with van der Waals surface area (Å²) in [5, 5.41) is 7.80. The Morgan fingerprint density at radius 3 is 2.71 bits per heavy atom. The molecule has 0 aliphatic carbocycles. The summed E-state index contributed by atoms with van der Waals surface area (Å²) < 4.78 is 2.09. The SMILES string of the molecule is CCCn1nccc1CNCCN(CC)CC. The maximum atomic E-state index is 4.32. The molecule has 1 N–H and O–H groups in total. The van der Waals surface area contributed by atoms with E-state index < -0.39 is 0 Å². The van der Waals surface area contributed by atoms with E-state index in [2.05, 4.69) is 46.8 Å². The largest absolute Gasteiger partial charge is 0.310 e. The third-order valence-electron chi connectivity index (χ3n) is 3.05. The highest BCUT2D eigenvalue weighted by molar-refractivity contribution is 4.99. The molecule has 4 nitrogen and oxygen atoms in total. The second kappa shape index (κ2) is 8.25. The number of nitrogens with zero attached hydrogens (tertiary/aromatic N) is 3. The standard InChI is InChI=1S/C13H26N4/c1-4-10-17-13(7-8-15-17)12-14-9-11-16(5-2)6-3/h7-8,14H,4-6,9-12H2,1-3H3. The predicted molar refractivity (Wildman–Crippen MR) is 72.0 cm³/mol. The zero-order valence-corrected chi connectivity index (χ0v) is 11.4. The molecule has 0 aromatic carbocycles. The fourth-order valence-corrected chi connectivity index (χ4v) is 1.92. The Morgan fingerprint density at radius 1 is 1.29 bits per heavy atom. The Hall–Kier alpha value is -0.870. The normalized spacial score (nSPS) is 11.3. The lowest BCUT2D eigenvalue weighted by Gasteiger charge is -2.18. The molecule has 0 radical (unpaired) electrons. The van der Waals surface area contributed by atoms with Crippen LogP contribution in [-0.4, -0.2) is 40.9 Å². The molecule has 1 heterocycles. The molecule has 98 valence electrons. The molecule has 0 aliphatic rings. The van der Waals surface area contributed by atoms with Gasteiger partial charge in [-0.3, -0.25) is 4.68 Å². The summed E-state index contributed by atoms with van der Waals surface area (Å²) in [6, 6.07) is 2.10. The van der Waals surface area contributed by atoms with Crippen LogP contribution in [0.4, 0.5) is 0 Å². The highest BCUT2D eigenvalue weighted by Gasteiger charge is 2.01. The van der Waals surface area contributed by atoms with Crippen LogP contribution in [0.1, 0.15) is 32.9 Å². The van der Waals surface area contributed by atoms with E-state index in [0.717, 1.165) is 45.7 Å². The first-order valence-corrected chi connectivity index (χ1v) is 6.75. The molecular formula is C13H26N4. The zero-order valence-electron chi connectivity index (χ0n) is 11.4. The van der Waals surface area contributed by atoms with E-state index in [1.54, 1.807) is 0 Å². The van der Waals surface area contributed by atoms with Crippen LogP contribution in [0.2, 0.25) is 0 Å². The second-order valence-corrected chi connectivity index (χ2v) is 4.25. The summed E-state index contributed by atoms with van der Waals surface area (Å²) >= 11 is 0. The summed E-state index contributed by atoms with van der Waals surface area (Å²) in [4.78, 5) is 2.43. The van der Waals surface area contributed by atoms with Crippen LogP contribution >= 0.6 is 0 Å². The van der Waals surface area contributed by atoms with Crippen LogP contribution in [-0.2, 0) is 13.1 Å². The molecule has 0 saturated heterocycles. The lowest BCUT2D eigenvalue weighted by molar-refractivity contribution is 0.301. The topological polar surface area (TPSA) is 33.1 Å². The smallest absolute Gasteiger partial charge is 0.0522 e. The van der Waals surface area contributed by atoms with Gasteiger partial charge in [-0.25, -0.2) is 0 Å². The van der Waals surface area contributed by atoms with Crippen LogP contribution in [0, 0.1) is 0 Å². The molecule has 0 unspecified atom stereocenters. The van der Waals surface area contributed by atoms with Crippen molar-refractivity contribution in [3.63, 3.8) is 0 Å². The minimum atomic E-state index is 0.918. The zero-order chi connectivity index (χ0) is 12.5. The molecule has 0 aliphatic heterocycles. The monoisotopic (exact) mass is 238 g/mol. The van der Waals surface area contributed by atoms with Crippen molar-refractivity contribution < 1.29 is 0 Å². The van der Waals surface area contributed by atoms with Gasteiger partial charge in [0, 0.05) is 32.4 Å². The van der Waals surface area contributed by atoms with Gasteiger partial charge in [0.15, 0.2) is 0 Å². The molecule has 0 amide bonds. The van der Waals surface area contributed by atoms with Crippen molar-refractivity contribution in [2.75, 3.05) is 26.2 Å². The van der Waals surface area contributed by atoms with Gasteiger partial charge in [0.2, 0.25) is 0 Å². The summed E-state index contributed by atoms with van der Waals surface area (Å²) in [6.45, 7) is 13.0. The molecule has 17 heavy (non-hydrogen) atoms. The van der Waals surface area contributed by atoms with E-state index in [4.69, 9.17) is 0 Å². The molecular weight excluding hydrogens is 212 g/mol. The second-order valence-electron chi connectivity index (χ2n) is 4.25. The molecule has 1 aromatic heterocycles. The number of likely N-dealkylation sites (N-methyl/N-ethyl adjacent to an activating group) is 1. The number of hydrogen-bond donors (Lipinski definition) is 1. The molecule has 0 fully saturated rings. The molecule has 0 bridgehead atoms. The minimum absolute atomic E-state index is 0.918. The Balaban J connectivity index is 2.23. The number of nitrogens with one attached hydrogen (secondary N) is 1. The van der Waals surface area contributed by atoms with Gasteiger partial charge in [0.25, 0.3) is 0 Å². The third-order valence-corrected chi connectivity index (χ3v) is 3.05. The molecule has 1 rings (SSSR count). The Labute approximate surface area is 105 Å². The van der Waals surface area contributed by atoms with Crippen LogP contribution < -0.4 is 5.32 Å². The molecule has 0 saturated carbocycles. The summed E-state index contributed by atoms with van der Waals surface area (Å²) in [5.41, 5.74) is 1.28. The highest BCUT2D eigenvalue weighted by Crippen LogP contribution is 1.99. The van der Waals surface area contributed by atoms with Crippen molar-refractivity contribution in [1.82, 2.24) is 20.0 Å². The van der Waals surface area contributed by atoms with E-state index in [0.29, 0.717) is 0 Å². The van der Waals surface area contributed by atoms with Crippen LogP contribution in [0.25, 0.3) is 0 Å². The summed E-state index contributed by atoms with van der Waals surface area (Å²) in [7, 11) is 0. The first kappa shape index (κ1) is 14.2. The van der Waals surface area contributed by atoms with E-state index in [-0.39, 0.29) is 0 Å². The predicted octanol–water partition coefficient (Wildman–Crippen LogP) is 1.72. The molecule has 1 aromatic rings. The maximum absolute atomic E-state index is 4.32. The number of hydrogen-bond acceptors (Lipinski definition) is 3. The van der Waals surface area contributed by atoms with Gasteiger partial charge in [-0.2, -0.15) is 5.10 Å². The third kappa shape index (κ3) is 4.88. The number of aryl methyl sites for hydroxylation is 1. The van der Waals surface area contributed by atoms with E-state index in [1.807, 2.05) is 6.20 Å². The Kier molecular flexibility index (Phi) is 6.89. The van der Waals surface area contributed by atoms with Crippen molar-refractivity contribution in [2.45, 2.75) is 40.3 Å². The van der Waals surface area contributed by atoms with Crippen LogP contribution in [0.15, 0.2) is 12.3 Å². The number of aromatic nitrogens is 2. The fourth-order valence-electron chi connectivity index (χ4n) is 1.92. The van der Waals surface area contributed by atoms with Gasteiger partial charge in [0.05, 0.1) is 5.69 Å². The average Bonchev–Trinajstić information content (AvgIpc) is 2.78.